The van der Waals surface area contributed by atoms with E-state index >= 15 is 17.6 Å². The average molecular weight is 977 g/mol. The second-order valence-corrected chi connectivity index (χ2v) is 22.1. The number of aliphatic hydroxyl groups is 1. The van der Waals surface area contributed by atoms with Crippen LogP contribution in [0.15, 0.2) is 54.9 Å². The third-order valence-electron chi connectivity index (χ3n) is 16.8. The average Bonchev–Trinajstić information content (AvgIpc) is 4.10. The van der Waals surface area contributed by atoms with Gasteiger partial charge in [0, 0.05) is 86.5 Å². The molecule has 71 heavy (non-hydrogen) atoms. The van der Waals surface area contributed by atoms with Gasteiger partial charge in [-0.25, -0.2) is 17.6 Å². The molecular formula is C55H64F4N8O4. The third-order valence-corrected chi connectivity index (χ3v) is 16.8. The van der Waals surface area contributed by atoms with Gasteiger partial charge in [0.2, 0.25) is 5.91 Å². The molecule has 6 fully saturated rings. The monoisotopic (exact) mass is 976 g/mol. The SMILES string of the molecule is C=C1CCC(c2c(F)cc(N3CCN(CC4CC5(CCN(CC6(COc7nc(N8CCC[C@@](C)(O)C8)c8cnc(-c9cc(O)cc%10ccc(F)c(CC)c9%10)c(F)c8n7)CC6)CC5)C4)CC3)cc2F)C(=O)N1. The van der Waals surface area contributed by atoms with E-state index < -0.39 is 40.7 Å². The van der Waals surface area contributed by atoms with Crippen molar-refractivity contribution in [2.24, 2.45) is 16.7 Å². The zero-order valence-corrected chi connectivity index (χ0v) is 40.8. The summed E-state index contributed by atoms with van der Waals surface area (Å²) in [5, 5.41) is 25.9. The molecule has 16 heteroatoms. The first kappa shape index (κ1) is 47.7. The molecule has 376 valence electrons. The second-order valence-electron chi connectivity index (χ2n) is 22.1. The molecule has 1 amide bonds. The zero-order chi connectivity index (χ0) is 49.4. The highest BCUT2D eigenvalue weighted by molar-refractivity contribution is 6.02. The predicted molar refractivity (Wildman–Crippen MR) is 266 cm³/mol. The molecule has 0 radical (unpaired) electrons. The number of ether oxygens (including phenoxy) is 1. The number of carbonyl (C=O) groups is 1. The normalized spacial score (nSPS) is 23.9. The van der Waals surface area contributed by atoms with E-state index in [9.17, 15) is 15.0 Å². The Morgan fingerprint density at radius 3 is 2.32 bits per heavy atom. The van der Waals surface area contributed by atoms with E-state index in [-0.39, 0.29) is 39.5 Å². The summed E-state index contributed by atoms with van der Waals surface area (Å²) in [6, 6.07) is 8.71. The lowest BCUT2D eigenvalue weighted by Crippen LogP contribution is -2.53. The van der Waals surface area contributed by atoms with Crippen LogP contribution in [0.5, 0.6) is 11.8 Å². The Hall–Kier alpha value is -5.58. The number of hydrogen-bond donors (Lipinski definition) is 3. The summed E-state index contributed by atoms with van der Waals surface area (Å²) in [6.07, 6.45) is 10.8. The molecule has 2 aliphatic carbocycles. The number of nitrogens with zero attached hydrogens (tertiary/aromatic N) is 7. The van der Waals surface area contributed by atoms with Crippen LogP contribution >= 0.6 is 0 Å². The molecule has 2 atom stereocenters. The Morgan fingerprint density at radius 2 is 1.63 bits per heavy atom. The molecule has 2 saturated carbocycles. The highest BCUT2D eigenvalue weighted by atomic mass is 19.1. The summed E-state index contributed by atoms with van der Waals surface area (Å²) in [7, 11) is 0. The number of piperidine rings is 3. The minimum atomic E-state index is -0.969. The van der Waals surface area contributed by atoms with Gasteiger partial charge in [-0.15, -0.1) is 0 Å². The van der Waals surface area contributed by atoms with Crippen LogP contribution in [0.4, 0.5) is 29.1 Å². The van der Waals surface area contributed by atoms with E-state index in [1.165, 1.54) is 49.4 Å². The van der Waals surface area contributed by atoms with Gasteiger partial charge in [0.05, 0.1) is 23.5 Å². The maximum absolute atomic E-state index is 17.1. The van der Waals surface area contributed by atoms with Crippen LogP contribution in [0.1, 0.15) is 95.1 Å². The molecule has 4 saturated heterocycles. The molecule has 3 N–H and O–H groups in total. The third kappa shape index (κ3) is 9.40. The number of aromatic nitrogens is 3. The summed E-state index contributed by atoms with van der Waals surface area (Å²) in [4.78, 5) is 35.7. The first-order chi connectivity index (χ1) is 34.1. The van der Waals surface area contributed by atoms with Gasteiger partial charge in [0.25, 0.3) is 0 Å². The van der Waals surface area contributed by atoms with E-state index in [2.05, 4.69) is 26.7 Å². The number of fused-ring (bicyclic) bond motifs is 2. The van der Waals surface area contributed by atoms with Gasteiger partial charge in [-0.05, 0) is 149 Å². The van der Waals surface area contributed by atoms with Gasteiger partial charge >= 0.3 is 6.01 Å². The van der Waals surface area contributed by atoms with Crippen molar-refractivity contribution in [3.05, 3.63) is 89.3 Å². The molecular weight excluding hydrogens is 913 g/mol. The first-order valence-corrected chi connectivity index (χ1v) is 25.7. The van der Waals surface area contributed by atoms with Crippen molar-refractivity contribution in [1.82, 2.24) is 30.1 Å². The Morgan fingerprint density at radius 1 is 0.887 bits per heavy atom. The standard InChI is InChI=1S/C55H64F4N8O4/c1-4-38-42(56)9-7-35-22-37(68)25-40(45(35)38)48-47(59)49-41(28-60-48)50(67-15-5-10-53(3,70)30-67)63-52(62-49)71-32-55(11-12-55)31-65-16-13-54(14-17-65)26-34(27-54)29-64-18-20-66(21-19-64)36-23-43(57)46(44(58)24-36)39-8-6-33(2)61-51(39)69/h7,9,22-25,28,34,39,68,70H,2,4-6,8,10-21,26-27,29-32H2,1,3H3,(H,61,69)/t39?,53-/m1/s1. The highest BCUT2D eigenvalue weighted by Crippen LogP contribution is 2.54. The van der Waals surface area contributed by atoms with Gasteiger partial charge in [0.15, 0.2) is 5.82 Å². The fourth-order valence-electron chi connectivity index (χ4n) is 12.7. The molecule has 11 rings (SSSR count). The predicted octanol–water partition coefficient (Wildman–Crippen LogP) is 9.00. The molecule has 1 unspecified atom stereocenters. The number of pyridine rings is 1. The number of β-amino-alcohol motifs (C(OH)–C–C–N with tert-alkyl or cyclic N) is 1. The number of aryl methyl sites for hydroxylation is 1. The molecule has 5 aromatic rings. The minimum absolute atomic E-state index is 0.00773. The summed E-state index contributed by atoms with van der Waals surface area (Å²) >= 11 is 0. The summed E-state index contributed by atoms with van der Waals surface area (Å²) in [6.45, 7) is 15.7. The lowest BCUT2D eigenvalue weighted by molar-refractivity contribution is -0.123. The lowest BCUT2D eigenvalue weighted by Gasteiger charge is -2.54. The van der Waals surface area contributed by atoms with Crippen molar-refractivity contribution in [3.8, 4) is 23.0 Å². The summed E-state index contributed by atoms with van der Waals surface area (Å²) in [5.74, 6) is -2.76. The Labute approximate surface area is 412 Å². The number of hydrogen-bond acceptors (Lipinski definition) is 11. The van der Waals surface area contributed by atoms with Crippen LogP contribution in [0.25, 0.3) is 32.9 Å². The topological polar surface area (TPSA) is 130 Å². The van der Waals surface area contributed by atoms with Gasteiger partial charge < -0.3 is 35.0 Å². The Balaban J connectivity index is 0.713. The summed E-state index contributed by atoms with van der Waals surface area (Å²) < 4.78 is 69.4. The molecule has 6 heterocycles. The van der Waals surface area contributed by atoms with Crippen LogP contribution in [0.2, 0.25) is 0 Å². The van der Waals surface area contributed by atoms with Crippen molar-refractivity contribution in [3.63, 3.8) is 0 Å². The second kappa shape index (κ2) is 18.5. The minimum Gasteiger partial charge on any atom is -0.508 e. The smallest absolute Gasteiger partial charge is 0.319 e. The molecule has 0 bridgehead atoms. The number of nitrogens with one attached hydrogen (secondary N) is 1. The number of likely N-dealkylation sites (tertiary alicyclic amines) is 1. The summed E-state index contributed by atoms with van der Waals surface area (Å²) in [5.41, 5.74) is 0.901. The van der Waals surface area contributed by atoms with Gasteiger partial charge in [-0.3, -0.25) is 14.7 Å². The largest absolute Gasteiger partial charge is 0.508 e. The fraction of sp³-hybridized carbons (Fsp3) is 0.527. The van der Waals surface area contributed by atoms with Crippen LogP contribution < -0.4 is 19.9 Å². The van der Waals surface area contributed by atoms with Crippen molar-refractivity contribution >= 4 is 39.1 Å². The molecule has 1 spiro atoms. The van der Waals surface area contributed by atoms with Crippen LogP contribution in [-0.2, 0) is 11.2 Å². The van der Waals surface area contributed by atoms with Crippen LogP contribution in [0.3, 0.4) is 0 Å². The number of phenols is 1. The lowest BCUT2D eigenvalue weighted by atomic mass is 9.57. The molecule has 6 aliphatic rings. The Kier molecular flexibility index (Phi) is 12.4. The molecule has 2 aromatic heterocycles. The van der Waals surface area contributed by atoms with Crippen molar-refractivity contribution in [2.75, 3.05) is 81.9 Å². The van der Waals surface area contributed by atoms with E-state index in [1.807, 2.05) is 16.7 Å². The zero-order valence-electron chi connectivity index (χ0n) is 40.8. The number of piperazine rings is 1. The van der Waals surface area contributed by atoms with E-state index in [0.717, 1.165) is 71.4 Å². The first-order valence-electron chi connectivity index (χ1n) is 25.7. The van der Waals surface area contributed by atoms with Gasteiger partial charge in [-0.1, -0.05) is 19.6 Å². The number of aromatic hydroxyl groups is 1. The van der Waals surface area contributed by atoms with Gasteiger partial charge in [0.1, 0.15) is 40.2 Å². The van der Waals surface area contributed by atoms with Crippen molar-refractivity contribution in [1.29, 1.82) is 0 Å². The Bertz CT molecular complexity index is 2880. The van der Waals surface area contributed by atoms with Crippen molar-refractivity contribution < 1.29 is 37.3 Å². The van der Waals surface area contributed by atoms with E-state index in [1.54, 1.807) is 13.0 Å². The molecule has 4 aliphatic heterocycles. The number of halogens is 4. The van der Waals surface area contributed by atoms with Crippen LogP contribution in [-0.4, -0.2) is 119 Å². The quantitative estimate of drug-likeness (QED) is 0.104. The number of benzene rings is 3. The van der Waals surface area contributed by atoms with E-state index in [0.29, 0.717) is 109 Å². The number of amides is 1. The van der Waals surface area contributed by atoms with E-state index in [4.69, 9.17) is 14.7 Å². The highest BCUT2D eigenvalue weighted by Gasteiger charge is 2.50. The van der Waals surface area contributed by atoms with Gasteiger partial charge in [-0.2, -0.15) is 9.97 Å². The maximum Gasteiger partial charge on any atom is 0.319 e. The molecule has 12 nitrogen and oxygen atoms in total. The maximum atomic E-state index is 17.1. The number of anilines is 2. The fourth-order valence-corrected chi connectivity index (χ4v) is 12.7. The number of carbonyl (C=O) groups excluding carboxylic acids is 1. The van der Waals surface area contributed by atoms with Crippen molar-refractivity contribution in [2.45, 2.75) is 96.0 Å². The molecule has 3 aromatic carbocycles. The van der Waals surface area contributed by atoms with Crippen LogP contribution in [0, 0.1) is 40.0 Å². The number of allylic oxidation sites excluding steroid dienone is 1. The number of rotatable bonds is 12. The number of phenolic OH excluding ortho intramolecular Hbond substituents is 1.